The zero-order chi connectivity index (χ0) is 11.4. The van der Waals surface area contributed by atoms with Crippen LogP contribution >= 0.6 is 0 Å². The van der Waals surface area contributed by atoms with Gasteiger partial charge in [-0.15, -0.1) is 0 Å². The summed E-state index contributed by atoms with van der Waals surface area (Å²) in [6, 6.07) is 5.80. The molecule has 2 N–H and O–H groups in total. The monoisotopic (exact) mass is 212 g/mol. The van der Waals surface area contributed by atoms with Crippen LogP contribution in [-0.2, 0) is 11.2 Å². The van der Waals surface area contributed by atoms with Crippen molar-refractivity contribution in [3.05, 3.63) is 35.6 Å². The molecule has 0 radical (unpaired) electrons. The Morgan fingerprint density at radius 3 is 2.40 bits per heavy atom. The SMILES string of the molecule is CC(Cc1ccc(F)cc1)C(O)C(=O)O. The molecule has 15 heavy (non-hydrogen) atoms. The average Bonchev–Trinajstić information content (AvgIpc) is 2.20. The van der Waals surface area contributed by atoms with Crippen molar-refractivity contribution in [3.8, 4) is 0 Å². The number of carboxylic acids is 1. The molecule has 0 saturated carbocycles. The van der Waals surface area contributed by atoms with Crippen molar-refractivity contribution in [3.63, 3.8) is 0 Å². The molecule has 0 fully saturated rings. The summed E-state index contributed by atoms with van der Waals surface area (Å²) in [6.07, 6.45) is -0.969. The van der Waals surface area contributed by atoms with Crippen LogP contribution < -0.4 is 0 Å². The standard InChI is InChI=1S/C11H13FO3/c1-7(10(13)11(14)15)6-8-2-4-9(12)5-3-8/h2-5,7,10,13H,6H2,1H3,(H,14,15). The normalized spacial score (nSPS) is 14.6. The molecule has 0 heterocycles. The first-order valence-corrected chi connectivity index (χ1v) is 4.66. The fourth-order valence-corrected chi connectivity index (χ4v) is 1.35. The van der Waals surface area contributed by atoms with Gasteiger partial charge in [0, 0.05) is 0 Å². The first-order chi connectivity index (χ1) is 7.00. The molecule has 1 rings (SSSR count). The molecule has 0 spiro atoms. The predicted molar refractivity (Wildman–Crippen MR) is 52.9 cm³/mol. The summed E-state index contributed by atoms with van der Waals surface area (Å²) in [4.78, 5) is 10.5. The number of hydrogen-bond acceptors (Lipinski definition) is 2. The van der Waals surface area contributed by atoms with Crippen LogP contribution in [0.1, 0.15) is 12.5 Å². The van der Waals surface area contributed by atoms with Gasteiger partial charge in [0.25, 0.3) is 0 Å². The third kappa shape index (κ3) is 3.32. The maximum atomic E-state index is 12.6. The highest BCUT2D eigenvalue weighted by Crippen LogP contribution is 2.13. The smallest absolute Gasteiger partial charge is 0.332 e. The summed E-state index contributed by atoms with van der Waals surface area (Å²) in [5.41, 5.74) is 0.809. The molecule has 1 aromatic carbocycles. The second kappa shape index (κ2) is 4.89. The number of aliphatic hydroxyl groups excluding tert-OH is 1. The van der Waals surface area contributed by atoms with E-state index < -0.39 is 18.0 Å². The Morgan fingerprint density at radius 2 is 1.93 bits per heavy atom. The van der Waals surface area contributed by atoms with E-state index in [-0.39, 0.29) is 5.82 Å². The minimum absolute atomic E-state index is 0.329. The highest BCUT2D eigenvalue weighted by molar-refractivity contribution is 5.72. The number of hydrogen-bond donors (Lipinski definition) is 2. The number of benzene rings is 1. The van der Waals surface area contributed by atoms with E-state index >= 15 is 0 Å². The Labute approximate surface area is 87.2 Å². The lowest BCUT2D eigenvalue weighted by atomic mass is 9.96. The first-order valence-electron chi connectivity index (χ1n) is 4.66. The van der Waals surface area contributed by atoms with Crippen molar-refractivity contribution in [2.45, 2.75) is 19.4 Å². The van der Waals surface area contributed by atoms with E-state index in [9.17, 15) is 14.3 Å². The van der Waals surface area contributed by atoms with Crippen molar-refractivity contribution in [1.29, 1.82) is 0 Å². The Kier molecular flexibility index (Phi) is 3.80. The molecule has 0 aliphatic carbocycles. The third-order valence-electron chi connectivity index (χ3n) is 2.26. The average molecular weight is 212 g/mol. The zero-order valence-electron chi connectivity index (χ0n) is 8.35. The van der Waals surface area contributed by atoms with Crippen LogP contribution in [-0.4, -0.2) is 22.3 Å². The van der Waals surface area contributed by atoms with Crippen LogP contribution in [0.25, 0.3) is 0 Å². The van der Waals surface area contributed by atoms with Gasteiger partial charge in [-0.05, 0) is 30.0 Å². The lowest BCUT2D eigenvalue weighted by molar-refractivity contribution is -0.149. The molecular weight excluding hydrogens is 199 g/mol. The van der Waals surface area contributed by atoms with E-state index in [1.165, 1.54) is 12.1 Å². The molecule has 2 atom stereocenters. The van der Waals surface area contributed by atoms with Crippen LogP contribution in [0.5, 0.6) is 0 Å². The van der Waals surface area contributed by atoms with E-state index in [0.29, 0.717) is 6.42 Å². The number of aliphatic carboxylic acids is 1. The van der Waals surface area contributed by atoms with E-state index in [1.807, 2.05) is 0 Å². The highest BCUT2D eigenvalue weighted by atomic mass is 19.1. The van der Waals surface area contributed by atoms with Crippen LogP contribution in [0, 0.1) is 11.7 Å². The number of rotatable bonds is 4. The summed E-state index contributed by atoms with van der Waals surface area (Å²) in [5, 5.41) is 17.8. The van der Waals surface area contributed by atoms with Crippen LogP contribution in [0.15, 0.2) is 24.3 Å². The fourth-order valence-electron chi connectivity index (χ4n) is 1.35. The Hall–Kier alpha value is -1.42. The molecule has 82 valence electrons. The number of halogens is 1. The van der Waals surface area contributed by atoms with Gasteiger partial charge >= 0.3 is 5.97 Å². The molecule has 4 heteroatoms. The molecule has 0 aliphatic rings. The maximum Gasteiger partial charge on any atom is 0.332 e. The van der Waals surface area contributed by atoms with Gasteiger partial charge in [0.15, 0.2) is 6.10 Å². The van der Waals surface area contributed by atoms with Gasteiger partial charge < -0.3 is 10.2 Å². The van der Waals surface area contributed by atoms with Crippen molar-refractivity contribution >= 4 is 5.97 Å². The van der Waals surface area contributed by atoms with Gasteiger partial charge in [-0.3, -0.25) is 0 Å². The minimum Gasteiger partial charge on any atom is -0.479 e. The van der Waals surface area contributed by atoms with E-state index in [2.05, 4.69) is 0 Å². The quantitative estimate of drug-likeness (QED) is 0.794. The Morgan fingerprint density at radius 1 is 1.40 bits per heavy atom. The topological polar surface area (TPSA) is 57.5 Å². The van der Waals surface area contributed by atoms with E-state index in [1.54, 1.807) is 19.1 Å². The van der Waals surface area contributed by atoms with Gasteiger partial charge in [-0.1, -0.05) is 19.1 Å². The molecule has 2 unspecified atom stereocenters. The second-order valence-electron chi connectivity index (χ2n) is 3.59. The van der Waals surface area contributed by atoms with Crippen molar-refractivity contribution in [2.24, 2.45) is 5.92 Å². The Bertz CT molecular complexity index is 334. The largest absolute Gasteiger partial charge is 0.479 e. The van der Waals surface area contributed by atoms with Crippen molar-refractivity contribution in [2.75, 3.05) is 0 Å². The van der Waals surface area contributed by atoms with Gasteiger partial charge in [0.2, 0.25) is 0 Å². The van der Waals surface area contributed by atoms with Gasteiger partial charge in [-0.25, -0.2) is 9.18 Å². The highest BCUT2D eigenvalue weighted by Gasteiger charge is 2.21. The number of carbonyl (C=O) groups is 1. The summed E-state index contributed by atoms with van der Waals surface area (Å²) < 4.78 is 12.6. The number of aliphatic hydroxyl groups is 1. The molecule has 0 saturated heterocycles. The molecule has 0 bridgehead atoms. The summed E-state index contributed by atoms with van der Waals surface area (Å²) in [5.74, 6) is -1.96. The van der Waals surface area contributed by atoms with Crippen LogP contribution in [0.4, 0.5) is 4.39 Å². The summed E-state index contributed by atoms with van der Waals surface area (Å²) in [7, 11) is 0. The molecule has 0 aliphatic heterocycles. The molecule has 0 aromatic heterocycles. The molecular formula is C11H13FO3. The number of carboxylic acid groups (broad SMARTS) is 1. The van der Waals surface area contributed by atoms with Gasteiger partial charge in [0.1, 0.15) is 5.82 Å². The van der Waals surface area contributed by atoms with E-state index in [4.69, 9.17) is 5.11 Å². The first kappa shape index (κ1) is 11.7. The minimum atomic E-state index is -1.38. The predicted octanol–water partition coefficient (Wildman–Crippen LogP) is 1.45. The Balaban J connectivity index is 2.62. The van der Waals surface area contributed by atoms with Gasteiger partial charge in [-0.2, -0.15) is 0 Å². The summed E-state index contributed by atoms with van der Waals surface area (Å²) >= 11 is 0. The lowest BCUT2D eigenvalue weighted by Gasteiger charge is -2.14. The zero-order valence-corrected chi connectivity index (χ0v) is 8.35. The fraction of sp³-hybridized carbons (Fsp3) is 0.364. The molecule has 3 nitrogen and oxygen atoms in total. The third-order valence-corrected chi connectivity index (χ3v) is 2.26. The van der Waals surface area contributed by atoms with E-state index in [0.717, 1.165) is 5.56 Å². The summed E-state index contributed by atoms with van der Waals surface area (Å²) in [6.45, 7) is 1.64. The lowest BCUT2D eigenvalue weighted by Crippen LogP contribution is -2.28. The molecule has 1 aromatic rings. The maximum absolute atomic E-state index is 12.6. The van der Waals surface area contributed by atoms with Crippen LogP contribution in [0.2, 0.25) is 0 Å². The van der Waals surface area contributed by atoms with Gasteiger partial charge in [0.05, 0.1) is 0 Å². The molecule has 0 amide bonds. The van der Waals surface area contributed by atoms with Crippen molar-refractivity contribution < 1.29 is 19.4 Å². The van der Waals surface area contributed by atoms with Crippen molar-refractivity contribution in [1.82, 2.24) is 0 Å². The second-order valence-corrected chi connectivity index (χ2v) is 3.59. The van der Waals surface area contributed by atoms with Crippen LogP contribution in [0.3, 0.4) is 0 Å².